The molecule has 0 saturated carbocycles. The lowest BCUT2D eigenvalue weighted by molar-refractivity contribution is 0.102. The topological polar surface area (TPSA) is 63.1 Å². The van der Waals surface area contributed by atoms with Crippen LogP contribution in [0.3, 0.4) is 0 Å². The van der Waals surface area contributed by atoms with Crippen molar-refractivity contribution in [1.82, 2.24) is 14.8 Å². The molecule has 0 aliphatic rings. The van der Waals surface area contributed by atoms with Crippen LogP contribution in [0, 0.1) is 11.6 Å². The van der Waals surface area contributed by atoms with Crippen molar-refractivity contribution < 1.29 is 13.6 Å². The molecule has 9 heteroatoms. The number of aromatic nitrogens is 3. The molecule has 0 radical (unpaired) electrons. The molecule has 0 fully saturated rings. The van der Waals surface area contributed by atoms with E-state index in [2.05, 4.69) is 15.4 Å². The molecule has 2 aromatic carbocycles. The van der Waals surface area contributed by atoms with E-state index in [1.165, 1.54) is 30.3 Å². The van der Waals surface area contributed by atoms with Gasteiger partial charge in [-0.05, 0) is 24.3 Å². The van der Waals surface area contributed by atoms with Gasteiger partial charge in [0.25, 0.3) is 5.91 Å². The van der Waals surface area contributed by atoms with Crippen LogP contribution in [0.1, 0.15) is 10.5 Å². The quantitative estimate of drug-likeness (QED) is 0.508. The lowest BCUT2D eigenvalue weighted by Gasteiger charge is -2.15. The Hall–Kier alpha value is -3.59. The minimum absolute atomic E-state index is 0.0204. The van der Waals surface area contributed by atoms with Crippen LogP contribution in [0.4, 0.5) is 20.2 Å². The van der Waals surface area contributed by atoms with Crippen LogP contribution in [-0.4, -0.2) is 34.8 Å². The summed E-state index contributed by atoms with van der Waals surface area (Å²) in [6, 6.07) is 11.8. The average Bonchev–Trinajstić information content (AvgIpc) is 3.37. The molecule has 6 nitrogen and oxygen atoms in total. The first-order valence-electron chi connectivity index (χ1n) is 8.96. The maximum Gasteiger partial charge on any atom is 0.275 e. The monoisotopic (exact) mass is 425 g/mol. The Kier molecular flexibility index (Phi) is 5.28. The highest BCUT2D eigenvalue weighted by molar-refractivity contribution is 7.13. The van der Waals surface area contributed by atoms with Crippen LogP contribution < -0.4 is 10.2 Å². The van der Waals surface area contributed by atoms with Crippen molar-refractivity contribution in [1.29, 1.82) is 0 Å². The molecule has 0 spiro atoms. The SMILES string of the molecule is CN(C)c1c(F)cc(NC(=O)c2csc(-c3cnn(-c4ccccc4)c3)n2)cc1F. The van der Waals surface area contributed by atoms with E-state index in [0.29, 0.717) is 5.01 Å². The summed E-state index contributed by atoms with van der Waals surface area (Å²) in [6.45, 7) is 0. The largest absolute Gasteiger partial charge is 0.373 e. The summed E-state index contributed by atoms with van der Waals surface area (Å²) in [5, 5.41) is 9.01. The number of nitrogens with zero attached hydrogens (tertiary/aromatic N) is 4. The number of hydrogen-bond acceptors (Lipinski definition) is 5. The second-order valence-corrected chi connectivity index (χ2v) is 7.54. The van der Waals surface area contributed by atoms with Crippen molar-refractivity contribution in [3.8, 4) is 16.3 Å². The molecule has 0 bridgehead atoms. The zero-order chi connectivity index (χ0) is 21.3. The van der Waals surface area contributed by atoms with Crippen molar-refractivity contribution >= 4 is 28.6 Å². The van der Waals surface area contributed by atoms with Crippen LogP contribution in [0.5, 0.6) is 0 Å². The van der Waals surface area contributed by atoms with E-state index in [-0.39, 0.29) is 17.1 Å². The van der Waals surface area contributed by atoms with Gasteiger partial charge in [0.1, 0.15) is 16.4 Å². The first-order chi connectivity index (χ1) is 14.4. The molecule has 0 aliphatic carbocycles. The number of rotatable bonds is 5. The number of benzene rings is 2. The van der Waals surface area contributed by atoms with Crippen molar-refractivity contribution in [2.75, 3.05) is 24.3 Å². The molecule has 1 amide bonds. The zero-order valence-corrected chi connectivity index (χ0v) is 17.0. The van der Waals surface area contributed by atoms with Crippen molar-refractivity contribution in [2.45, 2.75) is 0 Å². The summed E-state index contributed by atoms with van der Waals surface area (Å²) in [6.07, 6.45) is 3.48. The highest BCUT2D eigenvalue weighted by atomic mass is 32.1. The highest BCUT2D eigenvalue weighted by Crippen LogP contribution is 2.27. The number of thiazole rings is 1. The molecular formula is C21H17F2N5OS. The van der Waals surface area contributed by atoms with Crippen molar-refractivity contribution in [2.24, 2.45) is 0 Å². The Labute approximate surface area is 175 Å². The molecular weight excluding hydrogens is 408 g/mol. The van der Waals surface area contributed by atoms with Gasteiger partial charge in [0.2, 0.25) is 0 Å². The maximum absolute atomic E-state index is 14.1. The molecule has 0 unspecified atom stereocenters. The van der Waals surface area contributed by atoms with E-state index in [0.717, 1.165) is 23.4 Å². The van der Waals surface area contributed by atoms with Gasteiger partial charge in [-0.15, -0.1) is 11.3 Å². The predicted molar refractivity (Wildman–Crippen MR) is 113 cm³/mol. The summed E-state index contributed by atoms with van der Waals surface area (Å²) in [5.74, 6) is -2.07. The summed E-state index contributed by atoms with van der Waals surface area (Å²) >= 11 is 1.28. The Bertz CT molecular complexity index is 1180. The third-order valence-electron chi connectivity index (χ3n) is 4.31. The Morgan fingerprint density at radius 2 is 1.83 bits per heavy atom. The number of hydrogen-bond donors (Lipinski definition) is 1. The van der Waals surface area contributed by atoms with Crippen LogP contribution in [0.25, 0.3) is 16.3 Å². The Morgan fingerprint density at radius 3 is 2.50 bits per heavy atom. The predicted octanol–water partition coefficient (Wildman–Crippen LogP) is 4.59. The van der Waals surface area contributed by atoms with E-state index in [9.17, 15) is 13.6 Å². The molecule has 0 aliphatic heterocycles. The second kappa shape index (κ2) is 8.03. The number of halogens is 2. The van der Waals surface area contributed by atoms with E-state index in [1.807, 2.05) is 36.5 Å². The second-order valence-electron chi connectivity index (χ2n) is 6.68. The normalized spacial score (nSPS) is 10.8. The highest BCUT2D eigenvalue weighted by Gasteiger charge is 2.17. The number of carbonyl (C=O) groups excluding carboxylic acids is 1. The fourth-order valence-corrected chi connectivity index (χ4v) is 3.70. The number of para-hydroxylation sites is 1. The van der Waals surface area contributed by atoms with Gasteiger partial charge in [0, 0.05) is 36.9 Å². The summed E-state index contributed by atoms with van der Waals surface area (Å²) in [5.41, 5.74) is 1.67. The molecule has 4 aromatic rings. The first kappa shape index (κ1) is 19.7. The zero-order valence-electron chi connectivity index (χ0n) is 16.1. The minimum atomic E-state index is -0.761. The minimum Gasteiger partial charge on any atom is -0.373 e. The summed E-state index contributed by atoms with van der Waals surface area (Å²) in [7, 11) is 3.08. The Balaban J connectivity index is 1.52. The lowest BCUT2D eigenvalue weighted by atomic mass is 10.2. The molecule has 1 N–H and O–H groups in total. The molecule has 0 atom stereocenters. The van der Waals surface area contributed by atoms with Gasteiger partial charge in [-0.2, -0.15) is 5.10 Å². The summed E-state index contributed by atoms with van der Waals surface area (Å²) in [4.78, 5) is 18.1. The third-order valence-corrected chi connectivity index (χ3v) is 5.20. The summed E-state index contributed by atoms with van der Waals surface area (Å²) < 4.78 is 30.0. The Morgan fingerprint density at radius 1 is 1.13 bits per heavy atom. The smallest absolute Gasteiger partial charge is 0.275 e. The fourth-order valence-electron chi connectivity index (χ4n) is 2.93. The van der Waals surface area contributed by atoms with Crippen LogP contribution >= 0.6 is 11.3 Å². The number of nitrogens with one attached hydrogen (secondary N) is 1. The fraction of sp³-hybridized carbons (Fsp3) is 0.0952. The number of amides is 1. The van der Waals surface area contributed by atoms with Gasteiger partial charge < -0.3 is 10.2 Å². The first-order valence-corrected chi connectivity index (χ1v) is 9.84. The van der Waals surface area contributed by atoms with Gasteiger partial charge in [-0.25, -0.2) is 18.4 Å². The number of carbonyl (C=O) groups is 1. The van der Waals surface area contributed by atoms with Gasteiger partial charge in [-0.3, -0.25) is 4.79 Å². The van der Waals surface area contributed by atoms with Gasteiger partial charge in [0.05, 0.1) is 11.9 Å². The van der Waals surface area contributed by atoms with Crippen LogP contribution in [-0.2, 0) is 0 Å². The van der Waals surface area contributed by atoms with Gasteiger partial charge in [0.15, 0.2) is 11.6 Å². The van der Waals surface area contributed by atoms with E-state index in [4.69, 9.17) is 0 Å². The van der Waals surface area contributed by atoms with E-state index >= 15 is 0 Å². The van der Waals surface area contributed by atoms with Crippen LogP contribution in [0.2, 0.25) is 0 Å². The molecule has 4 rings (SSSR count). The van der Waals surface area contributed by atoms with Crippen LogP contribution in [0.15, 0.2) is 60.2 Å². The molecule has 0 saturated heterocycles. The average molecular weight is 425 g/mol. The van der Waals surface area contributed by atoms with E-state index < -0.39 is 17.5 Å². The lowest BCUT2D eigenvalue weighted by Crippen LogP contribution is -2.15. The van der Waals surface area contributed by atoms with E-state index in [1.54, 1.807) is 16.3 Å². The third kappa shape index (κ3) is 3.92. The molecule has 152 valence electrons. The molecule has 2 heterocycles. The van der Waals surface area contributed by atoms with Crippen molar-refractivity contribution in [3.63, 3.8) is 0 Å². The number of anilines is 2. The molecule has 2 aromatic heterocycles. The molecule has 30 heavy (non-hydrogen) atoms. The van der Waals surface area contributed by atoms with Gasteiger partial charge in [-0.1, -0.05) is 18.2 Å². The standard InChI is InChI=1S/C21H17F2N5OS/c1-27(2)19-16(22)8-14(9-17(19)23)25-20(29)18-12-30-21(26-18)13-10-24-28(11-13)15-6-4-3-5-7-15/h3-12H,1-2H3,(H,25,29). The van der Waals surface area contributed by atoms with Gasteiger partial charge >= 0.3 is 0 Å². The maximum atomic E-state index is 14.1. The van der Waals surface area contributed by atoms with Crippen molar-refractivity contribution in [3.05, 3.63) is 77.6 Å².